The van der Waals surface area contributed by atoms with Crippen molar-refractivity contribution in [3.05, 3.63) is 35.0 Å². The zero-order chi connectivity index (χ0) is 14.7. The predicted molar refractivity (Wildman–Crippen MR) is 80.3 cm³/mol. The Kier molecular flexibility index (Phi) is 4.45. The average molecular weight is 293 g/mol. The summed E-state index contributed by atoms with van der Waals surface area (Å²) < 4.78 is 1.78. The number of carbonyl (C=O) groups is 2. The van der Waals surface area contributed by atoms with Gasteiger partial charge in [-0.1, -0.05) is 17.7 Å². The first kappa shape index (κ1) is 14.6. The third kappa shape index (κ3) is 2.70. The second-order valence-electron chi connectivity index (χ2n) is 4.56. The van der Waals surface area contributed by atoms with Gasteiger partial charge in [0.25, 0.3) is 0 Å². The molecule has 4 nitrogen and oxygen atoms in total. The smallest absolute Gasteiger partial charge is 0.242 e. The quantitative estimate of drug-likeness (QED) is 0.795. The van der Waals surface area contributed by atoms with Crippen LogP contribution < -0.4 is 0 Å². The highest BCUT2D eigenvalue weighted by molar-refractivity contribution is 6.31. The molecular weight excluding hydrogens is 276 g/mol. The summed E-state index contributed by atoms with van der Waals surface area (Å²) in [6.07, 6.45) is 2.50. The molecule has 0 aliphatic rings. The van der Waals surface area contributed by atoms with Crippen LogP contribution in [0.1, 0.15) is 24.2 Å². The fourth-order valence-electron chi connectivity index (χ4n) is 2.34. The molecule has 0 saturated heterocycles. The third-order valence-corrected chi connectivity index (χ3v) is 3.66. The molecule has 106 valence electrons. The van der Waals surface area contributed by atoms with Crippen molar-refractivity contribution in [3.63, 3.8) is 0 Å². The minimum absolute atomic E-state index is 0.0318. The highest BCUT2D eigenvalue weighted by Crippen LogP contribution is 2.24. The van der Waals surface area contributed by atoms with E-state index in [1.807, 2.05) is 13.8 Å². The van der Waals surface area contributed by atoms with Crippen LogP contribution in [0.15, 0.2) is 24.4 Å². The number of benzene rings is 1. The van der Waals surface area contributed by atoms with E-state index in [9.17, 15) is 9.59 Å². The number of aromatic nitrogens is 1. The molecule has 1 amide bonds. The summed E-state index contributed by atoms with van der Waals surface area (Å²) >= 11 is 6.00. The number of amides is 1. The monoisotopic (exact) mass is 292 g/mol. The zero-order valence-corrected chi connectivity index (χ0v) is 12.4. The maximum absolute atomic E-state index is 12.2. The fraction of sp³-hybridized carbons (Fsp3) is 0.333. The standard InChI is InChI=1S/C15H17ClN2O2/c1-3-17(4-2)15(20)9-18-8-11(10-19)13-6-5-12(16)7-14(13)18/h5-8,10H,3-4,9H2,1-2H3. The Bertz CT molecular complexity index is 645. The van der Waals surface area contributed by atoms with Crippen LogP contribution in [0.25, 0.3) is 10.9 Å². The second-order valence-corrected chi connectivity index (χ2v) is 4.99. The van der Waals surface area contributed by atoms with Crippen LogP contribution in [0.4, 0.5) is 0 Å². The van der Waals surface area contributed by atoms with E-state index < -0.39 is 0 Å². The van der Waals surface area contributed by atoms with Gasteiger partial charge in [-0.15, -0.1) is 0 Å². The molecule has 5 heteroatoms. The maximum Gasteiger partial charge on any atom is 0.242 e. The van der Waals surface area contributed by atoms with Crippen molar-refractivity contribution in [1.82, 2.24) is 9.47 Å². The number of fused-ring (bicyclic) bond motifs is 1. The van der Waals surface area contributed by atoms with Gasteiger partial charge in [-0.3, -0.25) is 9.59 Å². The largest absolute Gasteiger partial charge is 0.342 e. The second kappa shape index (κ2) is 6.09. The highest BCUT2D eigenvalue weighted by atomic mass is 35.5. The molecule has 0 saturated carbocycles. The van der Waals surface area contributed by atoms with E-state index in [0.717, 1.165) is 17.2 Å². The first-order valence-electron chi connectivity index (χ1n) is 6.62. The molecule has 0 unspecified atom stereocenters. The first-order valence-corrected chi connectivity index (χ1v) is 6.99. The lowest BCUT2D eigenvalue weighted by molar-refractivity contribution is -0.131. The van der Waals surface area contributed by atoms with Gasteiger partial charge < -0.3 is 9.47 Å². The highest BCUT2D eigenvalue weighted by Gasteiger charge is 2.14. The van der Waals surface area contributed by atoms with Crippen molar-refractivity contribution in [2.45, 2.75) is 20.4 Å². The van der Waals surface area contributed by atoms with Crippen LogP contribution in [0, 0.1) is 0 Å². The van der Waals surface area contributed by atoms with Crippen molar-refractivity contribution in [2.75, 3.05) is 13.1 Å². The van der Waals surface area contributed by atoms with Crippen molar-refractivity contribution in [3.8, 4) is 0 Å². The van der Waals surface area contributed by atoms with Gasteiger partial charge in [0, 0.05) is 35.3 Å². The minimum atomic E-state index is 0.0318. The molecule has 0 spiro atoms. The van der Waals surface area contributed by atoms with Crippen LogP contribution in [0.5, 0.6) is 0 Å². The Morgan fingerprint density at radius 3 is 2.65 bits per heavy atom. The topological polar surface area (TPSA) is 42.3 Å². The Hall–Kier alpha value is -1.81. The third-order valence-electron chi connectivity index (χ3n) is 3.42. The van der Waals surface area contributed by atoms with Gasteiger partial charge in [-0.05, 0) is 26.0 Å². The van der Waals surface area contributed by atoms with Crippen LogP contribution in [-0.2, 0) is 11.3 Å². The summed E-state index contributed by atoms with van der Waals surface area (Å²) in [5.41, 5.74) is 1.38. The summed E-state index contributed by atoms with van der Waals surface area (Å²) in [5.74, 6) is 0.0318. The van der Waals surface area contributed by atoms with Gasteiger partial charge in [0.1, 0.15) is 6.54 Å². The molecular formula is C15H17ClN2O2. The van der Waals surface area contributed by atoms with Gasteiger partial charge in [0.15, 0.2) is 6.29 Å². The van der Waals surface area contributed by atoms with Crippen LogP contribution in [0.2, 0.25) is 5.02 Å². The fourth-order valence-corrected chi connectivity index (χ4v) is 2.51. The number of hydrogen-bond acceptors (Lipinski definition) is 2. The Balaban J connectivity index is 2.41. The van der Waals surface area contributed by atoms with Crippen molar-refractivity contribution >= 4 is 34.7 Å². The van der Waals surface area contributed by atoms with Crippen molar-refractivity contribution in [1.29, 1.82) is 0 Å². The van der Waals surface area contributed by atoms with Crippen molar-refractivity contribution < 1.29 is 9.59 Å². The lowest BCUT2D eigenvalue weighted by Crippen LogP contribution is -2.33. The number of aldehydes is 1. The Labute approximate surface area is 122 Å². The molecule has 2 rings (SSSR count). The maximum atomic E-state index is 12.2. The van der Waals surface area contributed by atoms with E-state index in [1.54, 1.807) is 33.9 Å². The molecule has 1 heterocycles. The predicted octanol–water partition coefficient (Wildman–Crippen LogP) is 2.98. The minimum Gasteiger partial charge on any atom is -0.342 e. The normalized spacial score (nSPS) is 10.8. The molecule has 2 aromatic rings. The van der Waals surface area contributed by atoms with E-state index >= 15 is 0 Å². The molecule has 0 aliphatic heterocycles. The molecule has 0 N–H and O–H groups in total. The van der Waals surface area contributed by atoms with Gasteiger partial charge in [-0.2, -0.15) is 0 Å². The Morgan fingerprint density at radius 2 is 2.05 bits per heavy atom. The van der Waals surface area contributed by atoms with Crippen LogP contribution >= 0.6 is 11.6 Å². The number of nitrogens with zero attached hydrogens (tertiary/aromatic N) is 2. The lowest BCUT2D eigenvalue weighted by atomic mass is 10.2. The van der Waals surface area contributed by atoms with Gasteiger partial charge in [0.05, 0.1) is 5.52 Å². The molecule has 0 atom stereocenters. The number of halogens is 1. The van der Waals surface area contributed by atoms with Crippen molar-refractivity contribution in [2.24, 2.45) is 0 Å². The summed E-state index contributed by atoms with van der Waals surface area (Å²) in [6.45, 7) is 5.46. The first-order chi connectivity index (χ1) is 9.60. The molecule has 0 aliphatic carbocycles. The van der Waals surface area contributed by atoms with E-state index in [0.29, 0.717) is 23.7 Å². The summed E-state index contributed by atoms with van der Waals surface area (Å²) in [7, 11) is 0. The van der Waals surface area contributed by atoms with Gasteiger partial charge in [0.2, 0.25) is 5.91 Å². The summed E-state index contributed by atoms with van der Waals surface area (Å²) in [4.78, 5) is 25.1. The summed E-state index contributed by atoms with van der Waals surface area (Å²) in [5, 5.41) is 1.40. The van der Waals surface area contributed by atoms with Crippen LogP contribution in [-0.4, -0.2) is 34.7 Å². The lowest BCUT2D eigenvalue weighted by Gasteiger charge is -2.19. The summed E-state index contributed by atoms with van der Waals surface area (Å²) in [6, 6.07) is 5.33. The number of hydrogen-bond donors (Lipinski definition) is 0. The number of carbonyl (C=O) groups excluding carboxylic acids is 2. The van der Waals surface area contributed by atoms with E-state index in [-0.39, 0.29) is 12.5 Å². The molecule has 20 heavy (non-hydrogen) atoms. The van der Waals surface area contributed by atoms with Gasteiger partial charge in [-0.25, -0.2) is 0 Å². The molecule has 0 fully saturated rings. The number of rotatable bonds is 5. The zero-order valence-electron chi connectivity index (χ0n) is 11.6. The molecule has 0 bridgehead atoms. The molecule has 1 aromatic carbocycles. The van der Waals surface area contributed by atoms with Gasteiger partial charge >= 0.3 is 0 Å². The van der Waals surface area contributed by atoms with E-state index in [2.05, 4.69) is 0 Å². The van der Waals surface area contributed by atoms with E-state index in [1.165, 1.54) is 0 Å². The van der Waals surface area contributed by atoms with Crippen LogP contribution in [0.3, 0.4) is 0 Å². The average Bonchev–Trinajstić information content (AvgIpc) is 2.77. The molecule has 0 radical (unpaired) electrons. The molecule has 1 aromatic heterocycles. The number of likely N-dealkylation sites (N-methyl/N-ethyl adjacent to an activating group) is 1. The SMILES string of the molecule is CCN(CC)C(=O)Cn1cc(C=O)c2ccc(Cl)cc21. The van der Waals surface area contributed by atoms with E-state index in [4.69, 9.17) is 11.6 Å². The Morgan fingerprint density at radius 1 is 1.35 bits per heavy atom.